The lowest BCUT2D eigenvalue weighted by Crippen LogP contribution is -2.44. The van der Waals surface area contributed by atoms with Crippen LogP contribution in [0.4, 0.5) is 9.59 Å². The summed E-state index contributed by atoms with van der Waals surface area (Å²) >= 11 is 0. The predicted octanol–water partition coefficient (Wildman–Crippen LogP) is 5.39. The van der Waals surface area contributed by atoms with E-state index < -0.39 is 72.2 Å². The van der Waals surface area contributed by atoms with E-state index in [1.165, 1.54) is 9.80 Å². The maximum atomic E-state index is 13.2. The monoisotopic (exact) mass is 720 g/mol. The van der Waals surface area contributed by atoms with E-state index in [0.29, 0.717) is 61.4 Å². The van der Waals surface area contributed by atoms with E-state index in [2.05, 4.69) is 0 Å². The summed E-state index contributed by atoms with van der Waals surface area (Å²) in [6, 6.07) is 4.87. The van der Waals surface area contributed by atoms with Crippen molar-refractivity contribution in [3.8, 4) is 22.6 Å². The number of ketones is 2. The zero-order chi connectivity index (χ0) is 37.5. The summed E-state index contributed by atoms with van der Waals surface area (Å²) in [6.45, 7) is 10.3. The van der Waals surface area contributed by atoms with Crippen LogP contribution in [0.5, 0.6) is 11.5 Å². The van der Waals surface area contributed by atoms with Gasteiger partial charge in [0.1, 0.15) is 48.0 Å². The first kappa shape index (κ1) is 36.6. The van der Waals surface area contributed by atoms with Gasteiger partial charge >= 0.3 is 24.1 Å². The number of amides is 2. The molecule has 14 nitrogen and oxygen atoms in total. The van der Waals surface area contributed by atoms with E-state index in [4.69, 9.17) is 28.4 Å². The molecule has 278 valence electrons. The number of nitrogens with zero attached hydrogens (tertiary/aromatic N) is 2. The first-order valence-electron chi connectivity index (χ1n) is 17.5. The minimum atomic E-state index is -0.829. The van der Waals surface area contributed by atoms with Crippen molar-refractivity contribution in [3.05, 3.63) is 46.5 Å². The molecule has 0 bridgehead atoms. The second kappa shape index (κ2) is 14.1. The summed E-state index contributed by atoms with van der Waals surface area (Å²) in [5, 5.41) is 0. The van der Waals surface area contributed by atoms with Crippen molar-refractivity contribution < 1.29 is 57.2 Å². The highest BCUT2D eigenvalue weighted by molar-refractivity contribution is 6.02. The van der Waals surface area contributed by atoms with E-state index in [1.807, 2.05) is 0 Å². The third-order valence-electron chi connectivity index (χ3n) is 9.02. The van der Waals surface area contributed by atoms with Crippen LogP contribution in [0.1, 0.15) is 99.1 Å². The Kier molecular flexibility index (Phi) is 9.95. The van der Waals surface area contributed by atoms with Gasteiger partial charge in [0.15, 0.2) is 24.8 Å². The number of hydrogen-bond donors (Lipinski definition) is 0. The van der Waals surface area contributed by atoms with Gasteiger partial charge < -0.3 is 28.4 Å². The number of likely N-dealkylation sites (tertiary alicyclic amines) is 2. The minimum Gasteiger partial charge on any atom is -0.488 e. The first-order chi connectivity index (χ1) is 24.5. The number of hydrogen-bond acceptors (Lipinski definition) is 12. The van der Waals surface area contributed by atoms with E-state index in [9.17, 15) is 28.8 Å². The van der Waals surface area contributed by atoms with Gasteiger partial charge in [-0.25, -0.2) is 19.2 Å². The highest BCUT2D eigenvalue weighted by atomic mass is 16.6. The van der Waals surface area contributed by atoms with E-state index in [-0.39, 0.29) is 24.3 Å². The van der Waals surface area contributed by atoms with Crippen LogP contribution in [0.3, 0.4) is 0 Å². The van der Waals surface area contributed by atoms with Crippen LogP contribution < -0.4 is 9.47 Å². The van der Waals surface area contributed by atoms with Crippen molar-refractivity contribution in [1.29, 1.82) is 0 Å². The first-order valence-corrected chi connectivity index (χ1v) is 17.5. The molecule has 0 saturated carbocycles. The number of esters is 2. The van der Waals surface area contributed by atoms with Crippen molar-refractivity contribution in [2.75, 3.05) is 26.3 Å². The number of rotatable bonds is 8. The molecule has 2 atom stereocenters. The smallest absolute Gasteiger partial charge is 0.411 e. The summed E-state index contributed by atoms with van der Waals surface area (Å²) < 4.78 is 33.7. The molecule has 4 aliphatic heterocycles. The molecule has 6 rings (SSSR count). The largest absolute Gasteiger partial charge is 0.488 e. The Bertz CT molecular complexity index is 1640. The van der Waals surface area contributed by atoms with Crippen LogP contribution in [-0.4, -0.2) is 95.1 Å². The Hall–Kier alpha value is -5.14. The number of Topliss-reactive ketones (excluding diaryl/α,β-unsaturated/α-hetero) is 2. The Morgan fingerprint density at radius 2 is 1.02 bits per heavy atom. The number of benzene rings is 2. The maximum Gasteiger partial charge on any atom is 0.411 e. The number of ether oxygens (including phenoxy) is 6. The van der Waals surface area contributed by atoms with Crippen LogP contribution >= 0.6 is 0 Å². The Morgan fingerprint density at radius 1 is 0.635 bits per heavy atom. The molecule has 0 aromatic heterocycles. The molecule has 0 N–H and O–H groups in total. The highest BCUT2D eigenvalue weighted by Crippen LogP contribution is 2.49. The van der Waals surface area contributed by atoms with Gasteiger partial charge in [-0.15, -0.1) is 0 Å². The normalized spacial score (nSPS) is 18.8. The van der Waals surface area contributed by atoms with Gasteiger partial charge in [-0.05, 0) is 91.5 Å². The van der Waals surface area contributed by atoms with Gasteiger partial charge in [-0.2, -0.15) is 0 Å². The Morgan fingerprint density at radius 3 is 1.38 bits per heavy atom. The summed E-state index contributed by atoms with van der Waals surface area (Å²) in [5.74, 6) is -1.33. The van der Waals surface area contributed by atoms with Gasteiger partial charge in [-0.3, -0.25) is 19.4 Å². The zero-order valence-electron chi connectivity index (χ0n) is 30.3. The number of carbonyl (C=O) groups is 6. The predicted molar refractivity (Wildman–Crippen MR) is 183 cm³/mol. The van der Waals surface area contributed by atoms with E-state index in [0.717, 1.165) is 11.1 Å². The standard InChI is InChI=1S/C38H44N2O12/c1-37(2,3)51-35(45)39-11-7-9-25(39)33(43)49-19-27(41)21-13-23-17-48-30-16-22(14-24-18-47-29(15-21)31(23)32(24)30)28(42)20-50-34(44)26-10-8-12-40(26)36(46)52-38(4,5)6/h13-16,25-26H,7-12,17-20H2,1-6H3. The summed E-state index contributed by atoms with van der Waals surface area (Å²) in [4.78, 5) is 80.2. The van der Waals surface area contributed by atoms with Crippen molar-refractivity contribution >= 4 is 35.7 Å². The molecule has 0 radical (unpaired) electrons. The van der Waals surface area contributed by atoms with Crippen LogP contribution in [0.15, 0.2) is 24.3 Å². The SMILES string of the molecule is CC(C)(C)OC(=O)N1CCCC1C(=O)OCC(=O)c1cc2c3c(c1)OCc1cc(C(=O)COC(=O)C4CCCN4C(=O)OC(C)(C)C)cc(c1-3)OC2. The van der Waals surface area contributed by atoms with Crippen molar-refractivity contribution in [3.63, 3.8) is 0 Å². The molecule has 4 heterocycles. The fourth-order valence-electron chi connectivity index (χ4n) is 6.74. The van der Waals surface area contributed by atoms with Crippen LogP contribution in [0.2, 0.25) is 0 Å². The maximum absolute atomic E-state index is 13.2. The molecule has 2 amide bonds. The Balaban J connectivity index is 1.09. The topological polar surface area (TPSA) is 164 Å². The van der Waals surface area contributed by atoms with Crippen molar-refractivity contribution in [2.45, 2.75) is 104 Å². The average Bonchev–Trinajstić information content (AvgIpc) is 3.77. The van der Waals surface area contributed by atoms with Crippen LogP contribution in [0, 0.1) is 0 Å². The molecule has 52 heavy (non-hydrogen) atoms. The molecule has 0 spiro atoms. The van der Waals surface area contributed by atoms with Crippen LogP contribution in [-0.2, 0) is 41.8 Å². The van der Waals surface area contributed by atoms with Crippen molar-refractivity contribution in [1.82, 2.24) is 9.80 Å². The molecule has 2 aromatic rings. The lowest BCUT2D eigenvalue weighted by molar-refractivity contribution is -0.148. The third-order valence-corrected chi connectivity index (χ3v) is 9.02. The summed E-state index contributed by atoms with van der Waals surface area (Å²) in [5.41, 5.74) is 1.96. The fraction of sp³-hybridized carbons (Fsp3) is 0.526. The Labute approximate surface area is 301 Å². The molecule has 0 aliphatic carbocycles. The third kappa shape index (κ3) is 7.85. The fourth-order valence-corrected chi connectivity index (χ4v) is 6.74. The molecule has 4 aliphatic rings. The lowest BCUT2D eigenvalue weighted by Gasteiger charge is -2.30. The van der Waals surface area contributed by atoms with Crippen molar-refractivity contribution in [2.24, 2.45) is 0 Å². The molecule has 14 heteroatoms. The molecule has 2 aromatic carbocycles. The molecule has 2 saturated heterocycles. The minimum absolute atomic E-state index is 0.0841. The van der Waals surface area contributed by atoms with Gasteiger partial charge in [0.2, 0.25) is 0 Å². The van der Waals surface area contributed by atoms with Crippen LogP contribution in [0.25, 0.3) is 11.1 Å². The van der Waals surface area contributed by atoms with Gasteiger partial charge in [0, 0.05) is 46.5 Å². The second-order valence-electron chi connectivity index (χ2n) is 15.3. The van der Waals surface area contributed by atoms with Gasteiger partial charge in [-0.1, -0.05) is 0 Å². The van der Waals surface area contributed by atoms with E-state index in [1.54, 1.807) is 65.8 Å². The molecule has 2 unspecified atom stereocenters. The van der Waals surface area contributed by atoms with Gasteiger partial charge in [0.05, 0.1) is 0 Å². The molecule has 2 fully saturated rings. The number of carbonyl (C=O) groups excluding carboxylic acids is 6. The highest BCUT2D eigenvalue weighted by Gasteiger charge is 2.40. The summed E-state index contributed by atoms with van der Waals surface area (Å²) in [6.07, 6.45) is 0.849. The zero-order valence-corrected chi connectivity index (χ0v) is 30.3. The molecular formula is C38H44N2O12. The lowest BCUT2D eigenvalue weighted by atomic mass is 9.87. The van der Waals surface area contributed by atoms with Gasteiger partial charge in [0.25, 0.3) is 0 Å². The average molecular weight is 721 g/mol. The quantitative estimate of drug-likeness (QED) is 0.194. The second-order valence-corrected chi connectivity index (χ2v) is 15.3. The molecular weight excluding hydrogens is 676 g/mol. The summed E-state index contributed by atoms with van der Waals surface area (Å²) in [7, 11) is 0. The van der Waals surface area contributed by atoms with E-state index >= 15 is 0 Å².